The van der Waals surface area contributed by atoms with Gasteiger partial charge in [0, 0.05) is 24.0 Å². The highest BCUT2D eigenvalue weighted by Crippen LogP contribution is 2.46. The molecule has 11 heteroatoms. The van der Waals surface area contributed by atoms with Gasteiger partial charge < -0.3 is 4.74 Å². The number of ether oxygens (including phenoxy) is 1. The van der Waals surface area contributed by atoms with Gasteiger partial charge >= 0.3 is 12.3 Å². The first-order valence-corrected chi connectivity index (χ1v) is 13.7. The van der Waals surface area contributed by atoms with Gasteiger partial charge in [-0.15, -0.1) is 0 Å². The number of benzene rings is 1. The molecule has 3 aliphatic rings. The van der Waals surface area contributed by atoms with Crippen LogP contribution in [0.5, 0.6) is 5.75 Å². The van der Waals surface area contributed by atoms with E-state index in [0.717, 1.165) is 24.8 Å². The van der Waals surface area contributed by atoms with Crippen molar-refractivity contribution in [1.82, 2.24) is 0 Å². The van der Waals surface area contributed by atoms with Crippen LogP contribution in [0.3, 0.4) is 0 Å². The molecule has 0 N–H and O–H groups in total. The van der Waals surface area contributed by atoms with Crippen LogP contribution in [0.4, 0.5) is 43.9 Å². The molecule has 6 atom stereocenters. The minimum Gasteiger partial charge on any atom is -0.432 e. The number of alkyl halides is 6. The summed E-state index contributed by atoms with van der Waals surface area (Å²) in [6.45, 7) is 4.31. The van der Waals surface area contributed by atoms with Crippen LogP contribution in [0.25, 0.3) is 0 Å². The molecule has 0 saturated heterocycles. The molecule has 1 aromatic rings. The van der Waals surface area contributed by atoms with Crippen molar-refractivity contribution in [1.29, 1.82) is 0 Å². The fraction of sp³-hybridized carbons (Fsp3) is 0.484. The van der Waals surface area contributed by atoms with E-state index < -0.39 is 64.9 Å². The summed E-state index contributed by atoms with van der Waals surface area (Å²) in [5.41, 5.74) is -1.57. The summed E-state index contributed by atoms with van der Waals surface area (Å²) in [6, 6.07) is -0.305. The largest absolute Gasteiger partial charge is 0.432 e. The van der Waals surface area contributed by atoms with Gasteiger partial charge in [0.15, 0.2) is 0 Å². The SMILES string of the molecule is CCCC(C)C1C=CC(C2C=C(F)C(C3=CC(F)C(C(F)(F)Oc4cc(F)c(C(F)(F)F)c(F)c4)C(F)=C3)CC2)=CC1. The van der Waals surface area contributed by atoms with E-state index in [9.17, 15) is 39.5 Å². The van der Waals surface area contributed by atoms with Gasteiger partial charge in [0.25, 0.3) is 0 Å². The lowest BCUT2D eigenvalue weighted by atomic mass is 9.75. The van der Waals surface area contributed by atoms with Crippen LogP contribution >= 0.6 is 0 Å². The van der Waals surface area contributed by atoms with E-state index in [1.807, 2.05) is 6.08 Å². The lowest BCUT2D eigenvalue weighted by molar-refractivity contribution is -0.219. The van der Waals surface area contributed by atoms with Gasteiger partial charge in [0.2, 0.25) is 0 Å². The van der Waals surface area contributed by atoms with Crippen molar-refractivity contribution in [3.05, 3.63) is 88.6 Å². The van der Waals surface area contributed by atoms with Gasteiger partial charge in [-0.2, -0.15) is 22.0 Å². The van der Waals surface area contributed by atoms with Crippen molar-refractivity contribution in [2.75, 3.05) is 0 Å². The quantitative estimate of drug-likeness (QED) is 0.267. The summed E-state index contributed by atoms with van der Waals surface area (Å²) in [5, 5.41) is 0. The summed E-state index contributed by atoms with van der Waals surface area (Å²) >= 11 is 0. The van der Waals surface area contributed by atoms with Crippen molar-refractivity contribution in [3.8, 4) is 5.75 Å². The Morgan fingerprint density at radius 1 is 0.929 bits per heavy atom. The molecule has 0 aliphatic heterocycles. The molecule has 0 radical (unpaired) electrons. The molecular weight excluding hydrogens is 578 g/mol. The molecule has 0 heterocycles. The smallest absolute Gasteiger partial charge is 0.422 e. The Kier molecular flexibility index (Phi) is 9.37. The van der Waals surface area contributed by atoms with E-state index in [-0.39, 0.29) is 30.0 Å². The lowest BCUT2D eigenvalue weighted by Crippen LogP contribution is -2.41. The predicted molar refractivity (Wildman–Crippen MR) is 137 cm³/mol. The van der Waals surface area contributed by atoms with Gasteiger partial charge in [-0.1, -0.05) is 44.9 Å². The van der Waals surface area contributed by atoms with Crippen LogP contribution in [-0.2, 0) is 6.18 Å². The van der Waals surface area contributed by atoms with Crippen molar-refractivity contribution in [2.24, 2.45) is 29.6 Å². The van der Waals surface area contributed by atoms with Crippen LogP contribution in [0.15, 0.2) is 71.4 Å². The van der Waals surface area contributed by atoms with Crippen LogP contribution < -0.4 is 4.74 Å². The third kappa shape index (κ3) is 6.80. The second-order valence-electron chi connectivity index (χ2n) is 11.1. The van der Waals surface area contributed by atoms with E-state index in [1.54, 1.807) is 0 Å². The molecule has 3 aliphatic carbocycles. The first kappa shape index (κ1) is 31.9. The minimum absolute atomic E-state index is 0.153. The average molecular weight is 609 g/mol. The highest BCUT2D eigenvalue weighted by Gasteiger charge is 2.52. The normalized spacial score (nSPS) is 27.6. The van der Waals surface area contributed by atoms with Crippen LogP contribution in [0, 0.1) is 41.2 Å². The van der Waals surface area contributed by atoms with E-state index in [4.69, 9.17) is 0 Å². The van der Waals surface area contributed by atoms with Gasteiger partial charge in [0.1, 0.15) is 46.7 Å². The molecular formula is C31H30F10O. The van der Waals surface area contributed by atoms with Crippen LogP contribution in [0.1, 0.15) is 51.5 Å². The standard InChI is InChI=1S/C31H30F10O/c1-3-4-16(2)17-5-7-18(8-6-17)19-9-10-22(23(32)11-19)20-12-24(33)29(25(34)13-20)31(40,41)42-21-14-26(35)28(27(36)15-21)30(37,38)39/h5,7-8,11-17,19,22,24,29H,3-4,6,9-10H2,1-2H3. The maximum absolute atomic E-state index is 15.2. The maximum atomic E-state index is 15.2. The Balaban J connectivity index is 1.46. The summed E-state index contributed by atoms with van der Waals surface area (Å²) in [6.07, 6.45) is -0.574. The molecule has 1 aromatic carbocycles. The topological polar surface area (TPSA) is 9.23 Å². The van der Waals surface area contributed by atoms with Crippen molar-refractivity contribution >= 4 is 0 Å². The number of hydrogen-bond acceptors (Lipinski definition) is 1. The average Bonchev–Trinajstić information content (AvgIpc) is 2.86. The van der Waals surface area contributed by atoms with Gasteiger partial charge in [-0.05, 0) is 60.5 Å². The van der Waals surface area contributed by atoms with Crippen LogP contribution in [-0.4, -0.2) is 12.3 Å². The first-order valence-electron chi connectivity index (χ1n) is 13.7. The first-order chi connectivity index (χ1) is 19.6. The summed E-state index contributed by atoms with van der Waals surface area (Å²) in [5.74, 6) is -11.6. The fourth-order valence-electron chi connectivity index (χ4n) is 5.88. The second-order valence-corrected chi connectivity index (χ2v) is 11.1. The number of hydrogen-bond donors (Lipinski definition) is 0. The Labute approximate surface area is 237 Å². The third-order valence-corrected chi connectivity index (χ3v) is 8.11. The molecule has 4 rings (SSSR count). The molecule has 230 valence electrons. The Hall–Kier alpha value is -2.98. The molecule has 6 unspecified atom stereocenters. The summed E-state index contributed by atoms with van der Waals surface area (Å²) in [7, 11) is 0. The molecule has 0 fully saturated rings. The van der Waals surface area contributed by atoms with E-state index >= 15 is 4.39 Å². The number of rotatable bonds is 8. The second kappa shape index (κ2) is 12.3. The van der Waals surface area contributed by atoms with E-state index in [0.29, 0.717) is 30.4 Å². The highest BCUT2D eigenvalue weighted by molar-refractivity contribution is 5.39. The molecule has 0 bridgehead atoms. The van der Waals surface area contributed by atoms with Crippen molar-refractivity contribution in [2.45, 2.75) is 64.4 Å². The highest BCUT2D eigenvalue weighted by atomic mass is 19.4. The summed E-state index contributed by atoms with van der Waals surface area (Å²) < 4.78 is 145. The molecule has 0 aromatic heterocycles. The fourth-order valence-corrected chi connectivity index (χ4v) is 5.88. The zero-order chi connectivity index (χ0) is 31.0. The van der Waals surface area contributed by atoms with Crippen molar-refractivity contribution in [3.63, 3.8) is 0 Å². The lowest BCUT2D eigenvalue weighted by Gasteiger charge is -2.33. The van der Waals surface area contributed by atoms with Gasteiger partial charge in [0.05, 0.1) is 0 Å². The third-order valence-electron chi connectivity index (χ3n) is 8.11. The maximum Gasteiger partial charge on any atom is 0.422 e. The molecule has 0 saturated carbocycles. The summed E-state index contributed by atoms with van der Waals surface area (Å²) in [4.78, 5) is 0. The van der Waals surface area contributed by atoms with E-state index in [2.05, 4.69) is 30.7 Å². The molecule has 0 spiro atoms. The Morgan fingerprint density at radius 3 is 2.12 bits per heavy atom. The Bertz CT molecular complexity index is 1300. The number of allylic oxidation sites excluding steroid dienone is 9. The van der Waals surface area contributed by atoms with Gasteiger partial charge in [-0.3, -0.25) is 0 Å². The minimum atomic E-state index is -5.46. The van der Waals surface area contributed by atoms with Crippen LogP contribution in [0.2, 0.25) is 0 Å². The zero-order valence-electron chi connectivity index (χ0n) is 22.8. The monoisotopic (exact) mass is 608 g/mol. The predicted octanol–water partition coefficient (Wildman–Crippen LogP) is 10.5. The molecule has 42 heavy (non-hydrogen) atoms. The van der Waals surface area contributed by atoms with Crippen molar-refractivity contribution < 1.29 is 48.6 Å². The Morgan fingerprint density at radius 2 is 1.60 bits per heavy atom. The zero-order valence-corrected chi connectivity index (χ0v) is 22.8. The van der Waals surface area contributed by atoms with Gasteiger partial charge in [-0.25, -0.2) is 22.0 Å². The molecule has 0 amide bonds. The van der Waals surface area contributed by atoms with E-state index in [1.165, 1.54) is 6.08 Å². The molecule has 1 nitrogen and oxygen atoms in total. The number of halogens is 10.